The molecule has 0 spiro atoms. The molecule has 12 rings (SSSR count). The van der Waals surface area contributed by atoms with Crippen LogP contribution in [0.5, 0.6) is 0 Å². The minimum atomic E-state index is 0.882. The second-order valence-corrected chi connectivity index (χ2v) is 14.6. The van der Waals surface area contributed by atoms with Gasteiger partial charge in [-0.2, -0.15) is 0 Å². The zero-order valence-electron chi connectivity index (χ0n) is 30.2. The Morgan fingerprint density at radius 1 is 0.321 bits per heavy atom. The van der Waals surface area contributed by atoms with Crippen LogP contribution >= 0.6 is 0 Å². The van der Waals surface area contributed by atoms with Crippen LogP contribution < -0.4 is 4.90 Å². The van der Waals surface area contributed by atoms with Crippen molar-refractivity contribution in [3.05, 3.63) is 194 Å². The van der Waals surface area contributed by atoms with E-state index in [0.29, 0.717) is 0 Å². The summed E-state index contributed by atoms with van der Waals surface area (Å²) in [5, 5.41) is 9.27. The Morgan fingerprint density at radius 3 is 1.75 bits per heavy atom. The van der Waals surface area contributed by atoms with Gasteiger partial charge in [0.25, 0.3) is 0 Å². The van der Waals surface area contributed by atoms with Crippen LogP contribution in [0.1, 0.15) is 0 Å². The number of fused-ring (bicyclic) bond motifs is 10. The minimum Gasteiger partial charge on any atom is -0.456 e. The Labute approximate surface area is 321 Å². The van der Waals surface area contributed by atoms with Crippen LogP contribution in [0.4, 0.5) is 17.1 Å². The molecule has 4 nitrogen and oxygen atoms in total. The van der Waals surface area contributed by atoms with Gasteiger partial charge in [0.15, 0.2) is 0 Å². The molecule has 0 bridgehead atoms. The summed E-state index contributed by atoms with van der Waals surface area (Å²) in [7, 11) is 0. The van der Waals surface area contributed by atoms with Crippen molar-refractivity contribution in [1.82, 2.24) is 4.57 Å². The highest BCUT2D eigenvalue weighted by molar-refractivity contribution is 6.14. The third kappa shape index (κ3) is 4.73. The van der Waals surface area contributed by atoms with Crippen molar-refractivity contribution in [2.45, 2.75) is 0 Å². The quantitative estimate of drug-likeness (QED) is 0.178. The average molecular weight is 717 g/mol. The maximum atomic E-state index is 6.35. The fourth-order valence-corrected chi connectivity index (χ4v) is 8.70. The van der Waals surface area contributed by atoms with Crippen molar-refractivity contribution in [2.75, 3.05) is 4.90 Å². The molecule has 0 fully saturated rings. The first-order valence-corrected chi connectivity index (χ1v) is 19.0. The van der Waals surface area contributed by atoms with Crippen molar-refractivity contribution < 1.29 is 8.83 Å². The summed E-state index contributed by atoms with van der Waals surface area (Å²) in [4.78, 5) is 2.34. The molecule has 0 N–H and O–H groups in total. The number of rotatable bonds is 5. The average Bonchev–Trinajstić information content (AvgIpc) is 3.92. The molecule has 0 saturated carbocycles. The molecule has 0 saturated heterocycles. The highest BCUT2D eigenvalue weighted by atomic mass is 16.3. The molecule has 3 aromatic heterocycles. The highest BCUT2D eigenvalue weighted by Gasteiger charge is 2.20. The molecular weight excluding hydrogens is 685 g/mol. The molecule has 56 heavy (non-hydrogen) atoms. The van der Waals surface area contributed by atoms with E-state index >= 15 is 0 Å². The zero-order valence-corrected chi connectivity index (χ0v) is 30.2. The third-order valence-electron chi connectivity index (χ3n) is 11.3. The number of furan rings is 2. The van der Waals surface area contributed by atoms with Crippen LogP contribution in [-0.4, -0.2) is 4.57 Å². The van der Waals surface area contributed by atoms with Gasteiger partial charge in [0.2, 0.25) is 0 Å². The lowest BCUT2D eigenvalue weighted by atomic mass is 10.00. The molecule has 0 aliphatic heterocycles. The van der Waals surface area contributed by atoms with Crippen molar-refractivity contribution in [3.8, 4) is 16.8 Å². The normalized spacial score (nSPS) is 11.9. The zero-order chi connectivity index (χ0) is 36.7. The number of nitrogens with zero attached hydrogens (tertiary/aromatic N) is 2. The van der Waals surface area contributed by atoms with Crippen molar-refractivity contribution in [1.29, 1.82) is 0 Å². The van der Waals surface area contributed by atoms with E-state index in [1.54, 1.807) is 0 Å². The van der Waals surface area contributed by atoms with E-state index in [2.05, 4.69) is 191 Å². The van der Waals surface area contributed by atoms with E-state index in [1.165, 1.54) is 21.5 Å². The Hall–Kier alpha value is -7.56. The van der Waals surface area contributed by atoms with Gasteiger partial charge in [-0.15, -0.1) is 0 Å². The topological polar surface area (TPSA) is 34.5 Å². The van der Waals surface area contributed by atoms with E-state index in [-0.39, 0.29) is 0 Å². The fraction of sp³-hybridized carbons (Fsp3) is 0. The molecule has 3 heterocycles. The Kier molecular flexibility index (Phi) is 6.60. The van der Waals surface area contributed by atoms with Crippen molar-refractivity contribution in [3.63, 3.8) is 0 Å². The molecule has 0 amide bonds. The van der Waals surface area contributed by atoms with Crippen molar-refractivity contribution >= 4 is 93.5 Å². The van der Waals surface area contributed by atoms with E-state index in [1.807, 2.05) is 12.1 Å². The molecule has 0 atom stereocenters. The molecule has 0 radical (unpaired) electrons. The van der Waals surface area contributed by atoms with Gasteiger partial charge in [0, 0.05) is 55.1 Å². The van der Waals surface area contributed by atoms with Gasteiger partial charge >= 0.3 is 0 Å². The Balaban J connectivity index is 1.05. The van der Waals surface area contributed by atoms with Gasteiger partial charge in [-0.3, -0.25) is 0 Å². The van der Waals surface area contributed by atoms with Crippen LogP contribution in [-0.2, 0) is 0 Å². The number of anilines is 3. The standard InChI is InChI=1S/C52H32N2O2/c1-3-13-37(14-4-1)53(39-22-26-51-46(31-39)42-17-9-10-18-49(42)55-51)40-21-23-41-43-27-35(19-24-47(43)54(48(41)32-40)38-15-5-2-6-16-38)36-20-25-50-44(29-36)45-28-33-11-7-8-12-34(33)30-52(45)56-50/h1-32H. The maximum absolute atomic E-state index is 6.35. The summed E-state index contributed by atoms with van der Waals surface area (Å²) in [5.74, 6) is 0. The lowest BCUT2D eigenvalue weighted by molar-refractivity contribution is 0.669. The van der Waals surface area contributed by atoms with Crippen LogP contribution in [0, 0.1) is 0 Å². The Morgan fingerprint density at radius 2 is 0.911 bits per heavy atom. The summed E-state index contributed by atoms with van der Waals surface area (Å²) >= 11 is 0. The molecule has 9 aromatic carbocycles. The van der Waals surface area contributed by atoms with Gasteiger partial charge < -0.3 is 18.3 Å². The molecule has 262 valence electrons. The molecule has 0 unspecified atom stereocenters. The lowest BCUT2D eigenvalue weighted by Gasteiger charge is -2.26. The van der Waals surface area contributed by atoms with Gasteiger partial charge in [-0.1, -0.05) is 97.1 Å². The molecule has 4 heteroatoms. The summed E-state index contributed by atoms with van der Waals surface area (Å²) < 4.78 is 15.0. The van der Waals surface area contributed by atoms with Gasteiger partial charge in [-0.05, 0) is 119 Å². The molecule has 0 aliphatic rings. The number of benzene rings is 9. The van der Waals surface area contributed by atoms with E-state index in [0.717, 1.165) is 88.8 Å². The molecule has 12 aromatic rings. The smallest absolute Gasteiger partial charge is 0.136 e. The second-order valence-electron chi connectivity index (χ2n) is 14.6. The minimum absolute atomic E-state index is 0.882. The monoisotopic (exact) mass is 716 g/mol. The predicted octanol–water partition coefficient (Wildman–Crippen LogP) is 14.9. The van der Waals surface area contributed by atoms with Crippen molar-refractivity contribution in [2.24, 2.45) is 0 Å². The maximum Gasteiger partial charge on any atom is 0.136 e. The summed E-state index contributed by atoms with van der Waals surface area (Å²) in [5.41, 5.74) is 12.5. The fourth-order valence-electron chi connectivity index (χ4n) is 8.70. The number of hydrogen-bond donors (Lipinski definition) is 0. The van der Waals surface area contributed by atoms with E-state index < -0.39 is 0 Å². The number of para-hydroxylation sites is 3. The summed E-state index contributed by atoms with van der Waals surface area (Å²) in [6.45, 7) is 0. The highest BCUT2D eigenvalue weighted by Crippen LogP contribution is 2.43. The second kappa shape index (κ2) is 12.0. The first-order chi connectivity index (χ1) is 27.7. The number of hydrogen-bond acceptors (Lipinski definition) is 3. The summed E-state index contributed by atoms with van der Waals surface area (Å²) in [6, 6.07) is 69.2. The van der Waals surface area contributed by atoms with Crippen LogP contribution in [0.3, 0.4) is 0 Å². The molecule has 0 aliphatic carbocycles. The number of aromatic nitrogens is 1. The third-order valence-corrected chi connectivity index (χ3v) is 11.3. The first-order valence-electron chi connectivity index (χ1n) is 19.0. The van der Waals surface area contributed by atoms with E-state index in [4.69, 9.17) is 8.83 Å². The SMILES string of the molecule is c1ccc(N(c2ccc3oc4ccccc4c3c2)c2ccc3c4cc(-c5ccc6oc7cc8ccccc8cc7c6c5)ccc4n(-c4ccccc4)c3c2)cc1. The Bertz CT molecular complexity index is 3480. The molecular formula is C52H32N2O2. The lowest BCUT2D eigenvalue weighted by Crippen LogP contribution is -2.09. The van der Waals surface area contributed by atoms with Crippen LogP contribution in [0.15, 0.2) is 203 Å². The van der Waals surface area contributed by atoms with Gasteiger partial charge in [-0.25, -0.2) is 0 Å². The predicted molar refractivity (Wildman–Crippen MR) is 233 cm³/mol. The van der Waals surface area contributed by atoms with Gasteiger partial charge in [0.05, 0.1) is 11.0 Å². The van der Waals surface area contributed by atoms with E-state index in [9.17, 15) is 0 Å². The van der Waals surface area contributed by atoms with Crippen LogP contribution in [0.2, 0.25) is 0 Å². The first kappa shape index (κ1) is 30.9. The largest absolute Gasteiger partial charge is 0.456 e. The summed E-state index contributed by atoms with van der Waals surface area (Å²) in [6.07, 6.45) is 0. The van der Waals surface area contributed by atoms with Gasteiger partial charge in [0.1, 0.15) is 22.3 Å². The van der Waals surface area contributed by atoms with Crippen LogP contribution in [0.25, 0.3) is 93.3 Å².